The van der Waals surface area contributed by atoms with Crippen molar-refractivity contribution < 1.29 is 4.74 Å². The summed E-state index contributed by atoms with van der Waals surface area (Å²) in [7, 11) is 1.69. The van der Waals surface area contributed by atoms with Crippen molar-refractivity contribution in [3.8, 4) is 5.75 Å². The normalized spacial score (nSPS) is 9.17. The number of rotatable bonds is 4. The van der Waals surface area contributed by atoms with Crippen LogP contribution in [0.1, 0.15) is 5.56 Å². The summed E-state index contributed by atoms with van der Waals surface area (Å²) >= 11 is 3.59. The first-order valence-corrected chi connectivity index (χ1v) is 8.95. The van der Waals surface area contributed by atoms with Gasteiger partial charge < -0.3 is 17.6 Å². The average molecular weight is 239 g/mol. The van der Waals surface area contributed by atoms with Gasteiger partial charge in [0.05, 0.1) is 7.11 Å². The van der Waals surface area contributed by atoms with Crippen molar-refractivity contribution in [2.45, 2.75) is 11.0 Å². The standard InChI is InChI=1S/C9H11O.BrH.Mg/c1-3-8-4-6-9(10-2)7-5-8;;/h4-7H,1,3H2,2H3;1H;/q;;+1/p-1. The fourth-order valence-electron chi connectivity index (χ4n) is 1.06. The molecule has 0 aliphatic rings. The van der Waals surface area contributed by atoms with E-state index in [1.165, 1.54) is 16.5 Å². The fraction of sp³-hybridized carbons (Fsp3) is 0.333. The van der Waals surface area contributed by atoms with Gasteiger partial charge in [-0.2, -0.15) is 0 Å². The van der Waals surface area contributed by atoms with E-state index in [0.717, 1.165) is 5.75 Å². The Labute approximate surface area is 89.1 Å². The molecule has 1 rings (SSSR count). The molecule has 12 heavy (non-hydrogen) atoms. The maximum atomic E-state index is 5.07. The summed E-state index contributed by atoms with van der Waals surface area (Å²) < 4.78 is 6.40. The van der Waals surface area contributed by atoms with Gasteiger partial charge in [0.2, 0.25) is 0 Å². The minimum absolute atomic E-state index is 0.0365. The van der Waals surface area contributed by atoms with Crippen molar-refractivity contribution in [1.29, 1.82) is 0 Å². The van der Waals surface area contributed by atoms with Crippen molar-refractivity contribution >= 4 is 31.1 Å². The Bertz CT molecular complexity index is 222. The predicted molar refractivity (Wildman–Crippen MR) is 56.2 cm³/mol. The summed E-state index contributed by atoms with van der Waals surface area (Å²) in [5, 5.41) is 0. The van der Waals surface area contributed by atoms with E-state index in [1.54, 1.807) is 7.11 Å². The second-order valence-electron chi connectivity index (χ2n) is 2.64. The smallest absolute Gasteiger partial charge is 0.468 e. The third kappa shape index (κ3) is 3.33. The Balaban J connectivity index is 2.53. The zero-order valence-corrected chi connectivity index (χ0v) is 10.2. The summed E-state index contributed by atoms with van der Waals surface area (Å²) in [6.07, 6.45) is 1.20. The number of aryl methyl sites for hydroxylation is 1. The molecule has 1 nitrogen and oxygen atoms in total. The van der Waals surface area contributed by atoms with Crippen molar-refractivity contribution in [2.24, 2.45) is 0 Å². The summed E-state index contributed by atoms with van der Waals surface area (Å²) in [6, 6.07) is 8.31. The summed E-state index contributed by atoms with van der Waals surface area (Å²) in [5.41, 5.74) is 1.41. The molecular formula is C9H11BrMgO. The monoisotopic (exact) mass is 238 g/mol. The molecule has 0 amide bonds. The van der Waals surface area contributed by atoms with Gasteiger partial charge in [-0.15, -0.1) is 4.55 Å². The number of ether oxygens (including phenoxy) is 1. The van der Waals surface area contributed by atoms with Gasteiger partial charge in [0, 0.05) is 0 Å². The molecule has 0 fully saturated rings. The van der Waals surface area contributed by atoms with Gasteiger partial charge in [0.15, 0.2) is 0 Å². The first-order valence-electron chi connectivity index (χ1n) is 4.05. The summed E-state index contributed by atoms with van der Waals surface area (Å²) in [4.78, 5) is 0. The second-order valence-corrected chi connectivity index (χ2v) is 6.10. The van der Waals surface area contributed by atoms with Gasteiger partial charge in [-0.1, -0.05) is 12.1 Å². The van der Waals surface area contributed by atoms with Crippen LogP contribution in [0.5, 0.6) is 5.75 Å². The van der Waals surface area contributed by atoms with E-state index in [9.17, 15) is 0 Å². The molecule has 0 aliphatic carbocycles. The maximum absolute atomic E-state index is 5.07. The van der Waals surface area contributed by atoms with Crippen molar-refractivity contribution in [3.63, 3.8) is 0 Å². The highest BCUT2D eigenvalue weighted by atomic mass is 79.9. The Morgan fingerprint density at radius 1 is 1.33 bits per heavy atom. The molecule has 0 atom stereocenters. The lowest BCUT2D eigenvalue weighted by atomic mass is 10.2. The molecule has 1 aromatic rings. The number of benzene rings is 1. The molecule has 0 spiro atoms. The average Bonchev–Trinajstić information content (AvgIpc) is 2.15. The Hall–Kier alpha value is 0.266. The fourth-order valence-corrected chi connectivity index (χ4v) is 2.45. The van der Waals surface area contributed by atoms with E-state index in [-0.39, 0.29) is 18.2 Å². The molecule has 0 unspecified atom stereocenters. The van der Waals surface area contributed by atoms with Crippen molar-refractivity contribution in [3.05, 3.63) is 29.8 Å². The quantitative estimate of drug-likeness (QED) is 0.734. The van der Waals surface area contributed by atoms with Gasteiger partial charge in [0.1, 0.15) is 5.75 Å². The molecule has 1 aromatic carbocycles. The lowest BCUT2D eigenvalue weighted by Gasteiger charge is -2.01. The Morgan fingerprint density at radius 3 is 2.50 bits per heavy atom. The minimum atomic E-state index is 0.0365. The van der Waals surface area contributed by atoms with Crippen LogP contribution in [-0.4, -0.2) is 25.3 Å². The molecule has 0 bridgehead atoms. The largest absolute Gasteiger partial charge is 0.497 e. The second kappa shape index (κ2) is 5.83. The van der Waals surface area contributed by atoms with Crippen LogP contribution in [0, 0.1) is 0 Å². The third-order valence-electron chi connectivity index (χ3n) is 1.76. The molecule has 0 saturated heterocycles. The zero-order chi connectivity index (χ0) is 8.81. The molecule has 0 radical (unpaired) electrons. The minimum Gasteiger partial charge on any atom is -0.497 e. The number of methoxy groups -OCH3 is 1. The molecule has 0 N–H and O–H groups in total. The van der Waals surface area contributed by atoms with E-state index >= 15 is 0 Å². The number of hydrogen-bond donors (Lipinski definition) is 0. The molecule has 0 aromatic heterocycles. The van der Waals surface area contributed by atoms with Gasteiger partial charge in [-0.25, -0.2) is 0 Å². The third-order valence-corrected chi connectivity index (χ3v) is 4.06. The summed E-state index contributed by atoms with van der Waals surface area (Å²) in [6.45, 7) is 0. The highest BCUT2D eigenvalue weighted by molar-refractivity contribution is 9.23. The van der Waals surface area contributed by atoms with E-state index in [1.807, 2.05) is 12.1 Å². The number of halogens is 1. The van der Waals surface area contributed by atoms with E-state index in [4.69, 9.17) is 4.74 Å². The molecule has 0 heterocycles. The lowest BCUT2D eigenvalue weighted by Crippen LogP contribution is -1.87. The van der Waals surface area contributed by atoms with Crippen LogP contribution in [-0.2, 0) is 6.42 Å². The zero-order valence-electron chi connectivity index (χ0n) is 7.22. The van der Waals surface area contributed by atoms with Crippen molar-refractivity contribution in [1.82, 2.24) is 0 Å². The topological polar surface area (TPSA) is 9.23 Å². The van der Waals surface area contributed by atoms with Gasteiger partial charge in [0.25, 0.3) is 0 Å². The van der Waals surface area contributed by atoms with Crippen LogP contribution in [0.25, 0.3) is 0 Å². The summed E-state index contributed by atoms with van der Waals surface area (Å²) in [5.74, 6) is 0.940. The highest BCUT2D eigenvalue weighted by Gasteiger charge is 1.94. The van der Waals surface area contributed by atoms with Crippen molar-refractivity contribution in [2.75, 3.05) is 7.11 Å². The van der Waals surface area contributed by atoms with Gasteiger partial charge >= 0.3 is 18.2 Å². The number of hydrogen-bond acceptors (Lipinski definition) is 1. The van der Waals surface area contributed by atoms with Crippen LogP contribution >= 0.6 is 12.9 Å². The lowest BCUT2D eigenvalue weighted by molar-refractivity contribution is 0.414. The van der Waals surface area contributed by atoms with Crippen LogP contribution in [0.2, 0.25) is 4.55 Å². The molecule has 62 valence electrons. The molecule has 0 saturated carbocycles. The highest BCUT2D eigenvalue weighted by Crippen LogP contribution is 2.12. The molecule has 0 aliphatic heterocycles. The first-order chi connectivity index (χ1) is 5.86. The Morgan fingerprint density at radius 2 is 2.00 bits per heavy atom. The van der Waals surface area contributed by atoms with Crippen LogP contribution < -0.4 is 4.74 Å². The van der Waals surface area contributed by atoms with Crippen LogP contribution in [0.15, 0.2) is 24.3 Å². The van der Waals surface area contributed by atoms with E-state index in [0.29, 0.717) is 0 Å². The maximum Gasteiger partial charge on any atom is 0.468 e. The van der Waals surface area contributed by atoms with Crippen LogP contribution in [0.3, 0.4) is 0 Å². The predicted octanol–water partition coefficient (Wildman–Crippen LogP) is 2.67. The van der Waals surface area contributed by atoms with E-state index < -0.39 is 0 Å². The van der Waals surface area contributed by atoms with Crippen LogP contribution in [0.4, 0.5) is 0 Å². The molecular weight excluding hydrogens is 228 g/mol. The van der Waals surface area contributed by atoms with Gasteiger partial charge in [-0.3, -0.25) is 0 Å². The van der Waals surface area contributed by atoms with Gasteiger partial charge in [-0.05, 0) is 24.1 Å². The van der Waals surface area contributed by atoms with E-state index in [2.05, 4.69) is 25.0 Å². The molecule has 3 heteroatoms. The Kier molecular flexibility index (Phi) is 5.03. The SMILES string of the molecule is COc1ccc(C[CH2][Mg][Br])cc1. The first kappa shape index (κ1) is 10.3.